The first-order valence-electron chi connectivity index (χ1n) is 5.05. The number of carbonyl (C=O) groups is 2. The average Bonchev–Trinajstić information content (AvgIpc) is 2.57. The number of hydrogen-bond donors (Lipinski definition) is 0. The SMILES string of the molecule is CN(C)C(=O)C1CC(=O)c2cccc(Cl)c21. The molecular weight excluding hydrogens is 226 g/mol. The number of hydrogen-bond acceptors (Lipinski definition) is 2. The zero-order valence-corrected chi connectivity index (χ0v) is 9.91. The van der Waals surface area contributed by atoms with Crippen molar-refractivity contribution in [3.8, 4) is 0 Å². The minimum absolute atomic E-state index is 0.00213. The summed E-state index contributed by atoms with van der Waals surface area (Å²) in [5.41, 5.74) is 1.28. The van der Waals surface area contributed by atoms with Crippen molar-refractivity contribution in [2.75, 3.05) is 14.1 Å². The van der Waals surface area contributed by atoms with Gasteiger partial charge in [0.15, 0.2) is 5.78 Å². The molecule has 0 bridgehead atoms. The molecule has 1 amide bonds. The van der Waals surface area contributed by atoms with Crippen LogP contribution in [0.5, 0.6) is 0 Å². The Kier molecular flexibility index (Phi) is 2.72. The van der Waals surface area contributed by atoms with Crippen LogP contribution in [0.3, 0.4) is 0 Å². The van der Waals surface area contributed by atoms with Gasteiger partial charge in [-0.1, -0.05) is 23.7 Å². The van der Waals surface area contributed by atoms with E-state index in [1.807, 2.05) is 0 Å². The molecule has 0 fully saturated rings. The summed E-state index contributed by atoms with van der Waals surface area (Å²) in [5.74, 6) is -0.482. The lowest BCUT2D eigenvalue weighted by atomic mass is 10.00. The monoisotopic (exact) mass is 237 g/mol. The van der Waals surface area contributed by atoms with Crippen molar-refractivity contribution < 1.29 is 9.59 Å². The van der Waals surface area contributed by atoms with Crippen LogP contribution in [-0.4, -0.2) is 30.7 Å². The Morgan fingerprint density at radius 2 is 2.12 bits per heavy atom. The molecule has 0 saturated heterocycles. The van der Waals surface area contributed by atoms with Crippen LogP contribution >= 0.6 is 11.6 Å². The predicted octanol–water partition coefficient (Wildman–Crippen LogP) is 2.10. The molecule has 84 valence electrons. The van der Waals surface area contributed by atoms with Gasteiger partial charge in [-0.2, -0.15) is 0 Å². The summed E-state index contributed by atoms with van der Waals surface area (Å²) in [4.78, 5) is 25.1. The zero-order valence-electron chi connectivity index (χ0n) is 9.16. The largest absolute Gasteiger partial charge is 0.348 e. The molecule has 1 unspecified atom stereocenters. The van der Waals surface area contributed by atoms with Crippen LogP contribution in [-0.2, 0) is 4.79 Å². The molecule has 1 aromatic carbocycles. The number of fused-ring (bicyclic) bond motifs is 1. The Bertz CT molecular complexity index is 468. The van der Waals surface area contributed by atoms with E-state index in [2.05, 4.69) is 0 Å². The summed E-state index contributed by atoms with van der Waals surface area (Å²) < 4.78 is 0. The van der Waals surface area contributed by atoms with Gasteiger partial charge in [-0.15, -0.1) is 0 Å². The van der Waals surface area contributed by atoms with Gasteiger partial charge in [-0.25, -0.2) is 0 Å². The van der Waals surface area contributed by atoms with Crippen molar-refractivity contribution in [1.82, 2.24) is 4.90 Å². The fourth-order valence-corrected chi connectivity index (χ4v) is 2.36. The molecule has 0 radical (unpaired) electrons. The van der Waals surface area contributed by atoms with Crippen LogP contribution in [0.1, 0.15) is 28.3 Å². The van der Waals surface area contributed by atoms with E-state index in [1.54, 1.807) is 32.3 Å². The van der Waals surface area contributed by atoms with Gasteiger partial charge >= 0.3 is 0 Å². The van der Waals surface area contributed by atoms with E-state index in [0.29, 0.717) is 16.1 Å². The van der Waals surface area contributed by atoms with Crippen LogP contribution in [0.15, 0.2) is 18.2 Å². The van der Waals surface area contributed by atoms with Gasteiger partial charge < -0.3 is 4.90 Å². The maximum Gasteiger partial charge on any atom is 0.230 e. The minimum atomic E-state index is -0.411. The van der Waals surface area contributed by atoms with Crippen molar-refractivity contribution in [3.63, 3.8) is 0 Å². The van der Waals surface area contributed by atoms with E-state index in [0.717, 1.165) is 0 Å². The molecule has 0 spiro atoms. The van der Waals surface area contributed by atoms with Gasteiger partial charge in [0.05, 0.1) is 5.92 Å². The minimum Gasteiger partial charge on any atom is -0.348 e. The second-order valence-corrected chi connectivity index (χ2v) is 4.52. The van der Waals surface area contributed by atoms with Crippen LogP contribution in [0.4, 0.5) is 0 Å². The lowest BCUT2D eigenvalue weighted by molar-refractivity contribution is -0.130. The topological polar surface area (TPSA) is 37.4 Å². The summed E-state index contributed by atoms with van der Waals surface area (Å²) in [6.45, 7) is 0. The van der Waals surface area contributed by atoms with E-state index in [9.17, 15) is 9.59 Å². The Balaban J connectivity index is 2.50. The van der Waals surface area contributed by atoms with Crippen LogP contribution in [0.2, 0.25) is 5.02 Å². The van der Waals surface area contributed by atoms with Crippen LogP contribution in [0.25, 0.3) is 0 Å². The zero-order chi connectivity index (χ0) is 11.9. The van der Waals surface area contributed by atoms with Crippen molar-refractivity contribution in [2.45, 2.75) is 12.3 Å². The number of ketones is 1. The third-order valence-electron chi connectivity index (χ3n) is 2.83. The fraction of sp³-hybridized carbons (Fsp3) is 0.333. The highest BCUT2D eigenvalue weighted by atomic mass is 35.5. The second kappa shape index (κ2) is 3.91. The number of rotatable bonds is 1. The van der Waals surface area contributed by atoms with Gasteiger partial charge in [0.1, 0.15) is 0 Å². The van der Waals surface area contributed by atoms with Gasteiger partial charge in [-0.05, 0) is 11.6 Å². The summed E-state index contributed by atoms with van der Waals surface area (Å²) in [5, 5.41) is 0.503. The molecule has 16 heavy (non-hydrogen) atoms. The van der Waals surface area contributed by atoms with Crippen LogP contribution < -0.4 is 0 Å². The molecule has 4 heteroatoms. The Hall–Kier alpha value is -1.35. The first kappa shape index (κ1) is 11.1. The maximum absolute atomic E-state index is 11.9. The number of Topliss-reactive ketones (excluding diaryl/α,β-unsaturated/α-hetero) is 1. The van der Waals surface area contributed by atoms with Gasteiger partial charge in [-0.3, -0.25) is 9.59 Å². The van der Waals surface area contributed by atoms with Gasteiger partial charge in [0.2, 0.25) is 5.91 Å². The van der Waals surface area contributed by atoms with E-state index in [1.165, 1.54) is 4.90 Å². The standard InChI is InChI=1S/C12H12ClNO2/c1-14(2)12(16)8-6-10(15)7-4-3-5-9(13)11(7)8/h3-5,8H,6H2,1-2H3. The maximum atomic E-state index is 11.9. The van der Waals surface area contributed by atoms with Crippen LogP contribution in [0, 0.1) is 0 Å². The summed E-state index contributed by atoms with van der Waals surface area (Å²) in [6.07, 6.45) is 0.232. The molecule has 2 rings (SSSR count). The third kappa shape index (κ3) is 1.61. The van der Waals surface area contributed by atoms with Crippen molar-refractivity contribution in [2.24, 2.45) is 0 Å². The molecule has 0 aromatic heterocycles. The first-order valence-corrected chi connectivity index (χ1v) is 5.43. The van der Waals surface area contributed by atoms with E-state index < -0.39 is 5.92 Å². The summed E-state index contributed by atoms with van der Waals surface area (Å²) in [6, 6.07) is 5.18. The number of amides is 1. The lowest BCUT2D eigenvalue weighted by Crippen LogP contribution is -2.27. The van der Waals surface area contributed by atoms with Crippen molar-refractivity contribution in [1.29, 1.82) is 0 Å². The number of carbonyl (C=O) groups excluding carboxylic acids is 2. The lowest BCUT2D eigenvalue weighted by Gasteiger charge is -2.16. The summed E-state index contributed by atoms with van der Waals surface area (Å²) in [7, 11) is 3.36. The first-order chi connectivity index (χ1) is 7.52. The highest BCUT2D eigenvalue weighted by Gasteiger charge is 2.36. The van der Waals surface area contributed by atoms with Crippen molar-refractivity contribution in [3.05, 3.63) is 34.3 Å². The predicted molar refractivity (Wildman–Crippen MR) is 61.8 cm³/mol. The molecule has 0 saturated carbocycles. The molecule has 3 nitrogen and oxygen atoms in total. The third-order valence-corrected chi connectivity index (χ3v) is 3.16. The number of nitrogens with zero attached hydrogens (tertiary/aromatic N) is 1. The molecule has 1 atom stereocenters. The number of benzene rings is 1. The van der Waals surface area contributed by atoms with E-state index >= 15 is 0 Å². The Labute approximate surface area is 99.0 Å². The number of likely N-dealkylation sites (N-methyl/N-ethyl adjacent to an activating group) is 1. The fourth-order valence-electron chi connectivity index (χ4n) is 2.05. The molecule has 0 aliphatic heterocycles. The molecule has 1 aromatic rings. The van der Waals surface area contributed by atoms with Gasteiger partial charge in [0, 0.05) is 31.1 Å². The smallest absolute Gasteiger partial charge is 0.230 e. The molecule has 1 aliphatic carbocycles. The highest BCUT2D eigenvalue weighted by Crippen LogP contribution is 2.38. The summed E-state index contributed by atoms with van der Waals surface area (Å²) >= 11 is 6.06. The normalized spacial score (nSPS) is 18.4. The molecular formula is C12H12ClNO2. The molecule has 1 aliphatic rings. The average molecular weight is 238 g/mol. The quantitative estimate of drug-likeness (QED) is 0.750. The van der Waals surface area contributed by atoms with Gasteiger partial charge in [0.25, 0.3) is 0 Å². The Morgan fingerprint density at radius 3 is 2.75 bits per heavy atom. The molecule has 0 N–H and O–H groups in total. The highest BCUT2D eigenvalue weighted by molar-refractivity contribution is 6.32. The number of halogens is 1. The van der Waals surface area contributed by atoms with E-state index in [-0.39, 0.29) is 18.1 Å². The van der Waals surface area contributed by atoms with Crippen molar-refractivity contribution >= 4 is 23.3 Å². The second-order valence-electron chi connectivity index (χ2n) is 4.11. The molecule has 0 heterocycles. The van der Waals surface area contributed by atoms with E-state index in [4.69, 9.17) is 11.6 Å². The Morgan fingerprint density at radius 1 is 1.44 bits per heavy atom.